The summed E-state index contributed by atoms with van der Waals surface area (Å²) in [6, 6.07) is 17.9. The summed E-state index contributed by atoms with van der Waals surface area (Å²) in [5.41, 5.74) is 2.51. The Morgan fingerprint density at radius 2 is 1.91 bits per heavy atom. The molecule has 0 spiro atoms. The van der Waals surface area contributed by atoms with Gasteiger partial charge in [-0.25, -0.2) is 4.79 Å². The number of hydrogen-bond acceptors (Lipinski definition) is 6. The number of aryl methyl sites for hydroxylation is 1. The van der Waals surface area contributed by atoms with Gasteiger partial charge in [-0.1, -0.05) is 47.6 Å². The van der Waals surface area contributed by atoms with Gasteiger partial charge >= 0.3 is 5.97 Å². The lowest BCUT2D eigenvalue weighted by Crippen LogP contribution is -2.52. The summed E-state index contributed by atoms with van der Waals surface area (Å²) in [6.45, 7) is 7.34. The van der Waals surface area contributed by atoms with Crippen LogP contribution in [0, 0.1) is 12.8 Å². The summed E-state index contributed by atoms with van der Waals surface area (Å²) in [5.74, 6) is 0.968. The highest BCUT2D eigenvalue weighted by Gasteiger charge is 2.54. The van der Waals surface area contributed by atoms with Crippen LogP contribution in [0.4, 0.5) is 0 Å². The van der Waals surface area contributed by atoms with Gasteiger partial charge in [0.2, 0.25) is 5.89 Å². The molecule has 1 N–H and O–H groups in total. The molecule has 0 aliphatic carbocycles. The standard InChI is InChI=1S/C26H30N4O3/c1-19-27-25(33-28-19)26-17-29(12-10-20-6-3-2-4-7-20)13-11-23(26)16-30(18-26)15-21-8-5-9-22(14-21)24(31)32/h2-9,14,23H,10-13,15-18H2,1H3,(H,31,32)/t23-,26-/m0/s1. The molecule has 7 heteroatoms. The minimum absolute atomic E-state index is 0.194. The van der Waals surface area contributed by atoms with E-state index in [-0.39, 0.29) is 5.41 Å². The fourth-order valence-corrected chi connectivity index (χ4v) is 5.56. The zero-order valence-corrected chi connectivity index (χ0v) is 19.0. The maximum atomic E-state index is 11.4. The molecule has 2 aliphatic rings. The summed E-state index contributed by atoms with van der Waals surface area (Å²) in [6.07, 6.45) is 2.11. The highest BCUT2D eigenvalue weighted by atomic mass is 16.5. The molecule has 0 saturated carbocycles. The molecule has 0 bridgehead atoms. The van der Waals surface area contributed by atoms with Crippen molar-refractivity contribution in [1.82, 2.24) is 19.9 Å². The largest absolute Gasteiger partial charge is 0.478 e. The summed E-state index contributed by atoms with van der Waals surface area (Å²) >= 11 is 0. The summed E-state index contributed by atoms with van der Waals surface area (Å²) in [5, 5.41) is 13.5. The Hall–Kier alpha value is -3.03. The lowest BCUT2D eigenvalue weighted by Gasteiger charge is -2.42. The Morgan fingerprint density at radius 1 is 1.12 bits per heavy atom. The average Bonchev–Trinajstić information content (AvgIpc) is 3.42. The van der Waals surface area contributed by atoms with Gasteiger partial charge in [-0.15, -0.1) is 0 Å². The van der Waals surface area contributed by atoms with Crippen LogP contribution in [-0.4, -0.2) is 63.7 Å². The van der Waals surface area contributed by atoms with Gasteiger partial charge in [0.25, 0.3) is 0 Å². The fourth-order valence-electron chi connectivity index (χ4n) is 5.56. The molecule has 2 atom stereocenters. The van der Waals surface area contributed by atoms with Crippen LogP contribution in [0.2, 0.25) is 0 Å². The summed E-state index contributed by atoms with van der Waals surface area (Å²) < 4.78 is 5.78. The van der Waals surface area contributed by atoms with E-state index >= 15 is 0 Å². The lowest BCUT2D eigenvalue weighted by atomic mass is 9.73. The van der Waals surface area contributed by atoms with Crippen LogP contribution in [0.25, 0.3) is 0 Å². The number of likely N-dealkylation sites (tertiary alicyclic amines) is 2. The highest BCUT2D eigenvalue weighted by molar-refractivity contribution is 5.87. The van der Waals surface area contributed by atoms with Crippen molar-refractivity contribution in [3.8, 4) is 0 Å². The number of carbonyl (C=O) groups is 1. The predicted molar refractivity (Wildman–Crippen MR) is 124 cm³/mol. The van der Waals surface area contributed by atoms with Crippen LogP contribution in [0.1, 0.15) is 39.6 Å². The van der Waals surface area contributed by atoms with E-state index in [4.69, 9.17) is 9.51 Å². The molecule has 0 amide bonds. The molecule has 2 saturated heterocycles. The van der Waals surface area contributed by atoms with Crippen molar-refractivity contribution < 1.29 is 14.4 Å². The van der Waals surface area contributed by atoms with Crippen molar-refractivity contribution in [3.05, 3.63) is 83.0 Å². The Kier molecular flexibility index (Phi) is 6.00. The molecule has 1 aromatic heterocycles. The Morgan fingerprint density at radius 3 is 2.67 bits per heavy atom. The van der Waals surface area contributed by atoms with Crippen LogP contribution in [-0.2, 0) is 18.4 Å². The number of rotatable bonds is 7. The van der Waals surface area contributed by atoms with Gasteiger partial charge in [0.05, 0.1) is 11.0 Å². The van der Waals surface area contributed by atoms with Crippen LogP contribution in [0.5, 0.6) is 0 Å². The Balaban J connectivity index is 1.35. The van der Waals surface area contributed by atoms with Crippen LogP contribution < -0.4 is 0 Å². The topological polar surface area (TPSA) is 82.7 Å². The molecule has 0 radical (unpaired) electrons. The van der Waals surface area contributed by atoms with E-state index in [0.717, 1.165) is 63.6 Å². The van der Waals surface area contributed by atoms with Crippen LogP contribution in [0.15, 0.2) is 59.1 Å². The van der Waals surface area contributed by atoms with Gasteiger partial charge < -0.3 is 14.5 Å². The van der Waals surface area contributed by atoms with Crippen molar-refractivity contribution in [2.24, 2.45) is 5.92 Å². The molecule has 5 rings (SSSR count). The third-order valence-corrected chi connectivity index (χ3v) is 7.16. The minimum Gasteiger partial charge on any atom is -0.478 e. The molecule has 7 nitrogen and oxygen atoms in total. The number of piperidine rings is 1. The molecular formula is C26H30N4O3. The maximum absolute atomic E-state index is 11.4. The zero-order valence-electron chi connectivity index (χ0n) is 19.0. The predicted octanol–water partition coefficient (Wildman–Crippen LogP) is 3.39. The van der Waals surface area contributed by atoms with Crippen molar-refractivity contribution in [3.63, 3.8) is 0 Å². The van der Waals surface area contributed by atoms with Crippen molar-refractivity contribution in [1.29, 1.82) is 0 Å². The molecule has 33 heavy (non-hydrogen) atoms. The molecule has 3 heterocycles. The second kappa shape index (κ2) is 9.08. The number of aromatic nitrogens is 2. The number of fused-ring (bicyclic) bond motifs is 1. The normalized spacial score (nSPS) is 23.5. The van der Waals surface area contributed by atoms with Crippen molar-refractivity contribution in [2.45, 2.75) is 31.7 Å². The first-order chi connectivity index (χ1) is 16.0. The summed E-state index contributed by atoms with van der Waals surface area (Å²) in [7, 11) is 0. The number of carboxylic acid groups (broad SMARTS) is 1. The first-order valence-corrected chi connectivity index (χ1v) is 11.6. The molecule has 2 aromatic carbocycles. The van der Waals surface area contributed by atoms with Gasteiger partial charge in [0, 0.05) is 32.7 Å². The molecule has 3 aromatic rings. The van der Waals surface area contributed by atoms with Crippen LogP contribution >= 0.6 is 0 Å². The fraction of sp³-hybridized carbons (Fsp3) is 0.423. The average molecular weight is 447 g/mol. The first kappa shape index (κ1) is 21.8. The van der Waals surface area contributed by atoms with E-state index in [2.05, 4.69) is 45.3 Å². The molecule has 172 valence electrons. The smallest absolute Gasteiger partial charge is 0.335 e. The number of nitrogens with zero attached hydrogens (tertiary/aromatic N) is 4. The Bertz CT molecular complexity index is 1120. The van der Waals surface area contributed by atoms with E-state index in [1.54, 1.807) is 12.1 Å². The van der Waals surface area contributed by atoms with E-state index in [9.17, 15) is 9.90 Å². The molecule has 2 aliphatic heterocycles. The third-order valence-electron chi connectivity index (χ3n) is 7.16. The Labute approximate surface area is 194 Å². The van der Waals surface area contributed by atoms with Crippen LogP contribution in [0.3, 0.4) is 0 Å². The number of aromatic carboxylic acids is 1. The number of benzene rings is 2. The first-order valence-electron chi connectivity index (χ1n) is 11.6. The van der Waals surface area contributed by atoms with Gasteiger partial charge in [-0.05, 0) is 55.5 Å². The second-order valence-corrected chi connectivity index (χ2v) is 9.48. The van der Waals surface area contributed by atoms with Gasteiger partial charge in [-0.2, -0.15) is 4.98 Å². The quantitative estimate of drug-likeness (QED) is 0.596. The monoisotopic (exact) mass is 446 g/mol. The minimum atomic E-state index is -0.890. The van der Waals surface area contributed by atoms with Crippen molar-refractivity contribution in [2.75, 3.05) is 32.7 Å². The second-order valence-electron chi connectivity index (χ2n) is 9.48. The summed E-state index contributed by atoms with van der Waals surface area (Å²) in [4.78, 5) is 21.0. The van der Waals surface area contributed by atoms with E-state index in [1.807, 2.05) is 19.1 Å². The lowest BCUT2D eigenvalue weighted by molar-refractivity contribution is 0.0696. The molecule has 0 unspecified atom stereocenters. The van der Waals surface area contributed by atoms with E-state index < -0.39 is 5.97 Å². The zero-order chi connectivity index (χ0) is 22.8. The van der Waals surface area contributed by atoms with E-state index in [0.29, 0.717) is 17.3 Å². The van der Waals surface area contributed by atoms with Gasteiger partial charge in [0.15, 0.2) is 5.82 Å². The number of carboxylic acids is 1. The number of hydrogen-bond donors (Lipinski definition) is 1. The van der Waals surface area contributed by atoms with Gasteiger partial charge in [0.1, 0.15) is 0 Å². The SMILES string of the molecule is Cc1noc([C@]23CN(CCc4ccccc4)CC[C@H]2CN(Cc2cccc(C(=O)O)c2)C3)n1. The van der Waals surface area contributed by atoms with Crippen molar-refractivity contribution >= 4 is 5.97 Å². The molecular weight excluding hydrogens is 416 g/mol. The third kappa shape index (κ3) is 4.56. The van der Waals surface area contributed by atoms with E-state index in [1.165, 1.54) is 5.56 Å². The highest BCUT2D eigenvalue weighted by Crippen LogP contribution is 2.44. The maximum Gasteiger partial charge on any atom is 0.335 e. The van der Waals surface area contributed by atoms with Gasteiger partial charge in [-0.3, -0.25) is 4.90 Å². The molecule has 2 fully saturated rings.